The minimum absolute atomic E-state index is 0.234. The highest BCUT2D eigenvalue weighted by Gasteiger charge is 2.22. The first-order valence-corrected chi connectivity index (χ1v) is 11.4. The van der Waals surface area contributed by atoms with Crippen molar-refractivity contribution >= 4 is 40.0 Å². The molecule has 32 heavy (non-hydrogen) atoms. The second-order valence-corrected chi connectivity index (χ2v) is 8.84. The highest BCUT2D eigenvalue weighted by Crippen LogP contribution is 2.26. The number of hydrogen-bond donors (Lipinski definition) is 3. The van der Waals surface area contributed by atoms with Crippen molar-refractivity contribution < 1.29 is 4.39 Å². The summed E-state index contributed by atoms with van der Waals surface area (Å²) in [5, 5.41) is 11.8. The molecule has 0 radical (unpaired) electrons. The van der Waals surface area contributed by atoms with Crippen LogP contribution in [0.1, 0.15) is 31.2 Å². The molecule has 3 N–H and O–H groups in total. The molecular weight excluding hydrogens is 423 g/mol. The van der Waals surface area contributed by atoms with Gasteiger partial charge in [0.05, 0.1) is 5.52 Å². The third-order valence-electron chi connectivity index (χ3n) is 5.74. The van der Waals surface area contributed by atoms with Crippen molar-refractivity contribution in [3.63, 3.8) is 0 Å². The van der Waals surface area contributed by atoms with Crippen molar-refractivity contribution in [3.05, 3.63) is 59.9 Å². The molecule has 4 rings (SSSR count). The van der Waals surface area contributed by atoms with Gasteiger partial charge in [-0.25, -0.2) is 9.37 Å². The van der Waals surface area contributed by atoms with Gasteiger partial charge in [0.2, 0.25) is 5.95 Å². The van der Waals surface area contributed by atoms with Gasteiger partial charge in [-0.15, -0.1) is 0 Å². The van der Waals surface area contributed by atoms with E-state index in [1.807, 2.05) is 43.3 Å². The molecular formula is C24H29FN6S. The summed E-state index contributed by atoms with van der Waals surface area (Å²) in [5.41, 5.74) is 1.81. The lowest BCUT2D eigenvalue weighted by atomic mass is 9.91. The zero-order valence-corrected chi connectivity index (χ0v) is 19.3. The van der Waals surface area contributed by atoms with Crippen LogP contribution >= 0.6 is 12.2 Å². The predicted octanol–water partition coefficient (Wildman–Crippen LogP) is 4.22. The predicted molar refractivity (Wildman–Crippen MR) is 133 cm³/mol. The van der Waals surface area contributed by atoms with Gasteiger partial charge in [-0.05, 0) is 67.7 Å². The Hall–Kier alpha value is -3.00. The molecule has 1 heterocycles. The van der Waals surface area contributed by atoms with Gasteiger partial charge < -0.3 is 20.9 Å². The van der Waals surface area contributed by atoms with Gasteiger partial charge in [-0.3, -0.25) is 0 Å². The molecule has 0 amide bonds. The number of nitrogens with one attached hydrogen (secondary N) is 3. The number of fused-ring (bicyclic) bond motifs is 1. The normalized spacial score (nSPS) is 18.2. The Balaban J connectivity index is 1.28. The monoisotopic (exact) mass is 452 g/mol. The van der Waals surface area contributed by atoms with Crippen LogP contribution in [0.3, 0.4) is 0 Å². The zero-order chi connectivity index (χ0) is 22.5. The van der Waals surface area contributed by atoms with Crippen LogP contribution in [0.15, 0.2) is 48.5 Å². The highest BCUT2D eigenvalue weighted by molar-refractivity contribution is 7.80. The SMILES string of the molecule is CN(C)c1nc(N[C@H]2CC[C@@H](NC(=S)NCc3cccc(F)c3)CC2)nc2ccccc12. The minimum Gasteiger partial charge on any atom is -0.362 e. The fourth-order valence-corrected chi connectivity index (χ4v) is 4.33. The molecule has 0 spiro atoms. The molecule has 1 aliphatic rings. The van der Waals surface area contributed by atoms with Crippen molar-refractivity contribution in [2.45, 2.75) is 44.3 Å². The first-order valence-electron chi connectivity index (χ1n) is 11.0. The molecule has 0 bridgehead atoms. The summed E-state index contributed by atoms with van der Waals surface area (Å²) in [6.07, 6.45) is 4.04. The van der Waals surface area contributed by atoms with Crippen molar-refractivity contribution in [1.29, 1.82) is 0 Å². The van der Waals surface area contributed by atoms with Crippen molar-refractivity contribution in [3.8, 4) is 0 Å². The fourth-order valence-electron chi connectivity index (χ4n) is 4.10. The van der Waals surface area contributed by atoms with Gasteiger partial charge in [0.15, 0.2) is 5.11 Å². The van der Waals surface area contributed by atoms with E-state index in [2.05, 4.69) is 22.0 Å². The fraction of sp³-hybridized carbons (Fsp3) is 0.375. The third kappa shape index (κ3) is 5.62. The molecule has 6 nitrogen and oxygen atoms in total. The summed E-state index contributed by atoms with van der Waals surface area (Å²) in [6, 6.07) is 15.3. The summed E-state index contributed by atoms with van der Waals surface area (Å²) in [7, 11) is 4.00. The number of benzene rings is 2. The van der Waals surface area contributed by atoms with Crippen LogP contribution < -0.4 is 20.9 Å². The van der Waals surface area contributed by atoms with Crippen LogP contribution in [0.4, 0.5) is 16.2 Å². The summed E-state index contributed by atoms with van der Waals surface area (Å²) >= 11 is 5.43. The standard InChI is InChI=1S/C24H29FN6S/c1-31(2)22-20-8-3-4-9-21(20)29-23(30-22)27-18-10-12-19(13-11-18)28-24(32)26-15-16-6-5-7-17(25)14-16/h3-9,14,18-19H,10-13,15H2,1-2H3,(H2,26,28,32)(H,27,29,30)/t18-,19+. The number of para-hydroxylation sites is 1. The number of aromatic nitrogens is 2. The second kappa shape index (κ2) is 10.1. The van der Waals surface area contributed by atoms with Crippen LogP contribution in [0.2, 0.25) is 0 Å². The van der Waals surface area contributed by atoms with E-state index < -0.39 is 0 Å². The van der Waals surface area contributed by atoms with Gasteiger partial charge in [0.1, 0.15) is 11.6 Å². The maximum atomic E-state index is 13.3. The molecule has 168 valence electrons. The summed E-state index contributed by atoms with van der Waals surface area (Å²) in [5.74, 6) is 1.36. The van der Waals surface area contributed by atoms with Crippen LogP contribution in [0, 0.1) is 5.82 Å². The number of anilines is 2. The minimum atomic E-state index is -0.234. The molecule has 8 heteroatoms. The quantitative estimate of drug-likeness (QED) is 0.484. The molecule has 1 saturated carbocycles. The third-order valence-corrected chi connectivity index (χ3v) is 6.01. The average Bonchev–Trinajstić information content (AvgIpc) is 2.78. The van der Waals surface area contributed by atoms with Gasteiger partial charge in [-0.1, -0.05) is 24.3 Å². The average molecular weight is 453 g/mol. The Morgan fingerprint density at radius 1 is 1.03 bits per heavy atom. The van der Waals surface area contributed by atoms with Gasteiger partial charge >= 0.3 is 0 Å². The second-order valence-electron chi connectivity index (χ2n) is 8.43. The number of rotatable bonds is 6. The van der Waals surface area contributed by atoms with E-state index in [1.165, 1.54) is 12.1 Å². The Morgan fingerprint density at radius 3 is 2.53 bits per heavy atom. The zero-order valence-electron chi connectivity index (χ0n) is 18.4. The van der Waals surface area contributed by atoms with E-state index >= 15 is 0 Å². The summed E-state index contributed by atoms with van der Waals surface area (Å²) < 4.78 is 13.3. The molecule has 1 aliphatic carbocycles. The molecule has 3 aromatic rings. The maximum absolute atomic E-state index is 13.3. The van der Waals surface area contributed by atoms with Crippen LogP contribution in [0.5, 0.6) is 0 Å². The van der Waals surface area contributed by atoms with E-state index in [4.69, 9.17) is 22.2 Å². The van der Waals surface area contributed by atoms with Gasteiger partial charge in [0.25, 0.3) is 0 Å². The molecule has 2 aromatic carbocycles. The molecule has 0 unspecified atom stereocenters. The first kappa shape index (κ1) is 22.2. The van der Waals surface area contributed by atoms with E-state index in [0.29, 0.717) is 29.7 Å². The van der Waals surface area contributed by atoms with Gasteiger partial charge in [-0.2, -0.15) is 4.98 Å². The molecule has 1 fully saturated rings. The number of halogens is 1. The Labute approximate surface area is 193 Å². The van der Waals surface area contributed by atoms with Crippen molar-refractivity contribution in [2.24, 2.45) is 0 Å². The van der Waals surface area contributed by atoms with Crippen molar-refractivity contribution in [2.75, 3.05) is 24.3 Å². The van der Waals surface area contributed by atoms with E-state index in [0.717, 1.165) is 48.0 Å². The molecule has 0 saturated heterocycles. The largest absolute Gasteiger partial charge is 0.362 e. The number of thiocarbonyl (C=S) groups is 1. The Bertz CT molecular complexity index is 1080. The van der Waals surface area contributed by atoms with Crippen LogP contribution in [-0.4, -0.2) is 41.3 Å². The summed E-state index contributed by atoms with van der Waals surface area (Å²) in [6.45, 7) is 0.508. The number of nitrogens with zero attached hydrogens (tertiary/aromatic N) is 3. The lowest BCUT2D eigenvalue weighted by molar-refractivity contribution is 0.385. The Morgan fingerprint density at radius 2 is 1.78 bits per heavy atom. The van der Waals surface area contributed by atoms with Gasteiger partial charge in [0, 0.05) is 38.1 Å². The number of hydrogen-bond acceptors (Lipinski definition) is 5. The lowest BCUT2D eigenvalue weighted by Gasteiger charge is -2.30. The van der Waals surface area contributed by atoms with Crippen LogP contribution in [0.25, 0.3) is 10.9 Å². The van der Waals surface area contributed by atoms with E-state index in [-0.39, 0.29) is 5.82 Å². The van der Waals surface area contributed by atoms with E-state index in [9.17, 15) is 4.39 Å². The highest BCUT2D eigenvalue weighted by atomic mass is 32.1. The maximum Gasteiger partial charge on any atom is 0.225 e. The smallest absolute Gasteiger partial charge is 0.225 e. The topological polar surface area (TPSA) is 65.1 Å². The first-order chi connectivity index (χ1) is 15.5. The molecule has 1 aromatic heterocycles. The summed E-state index contributed by atoms with van der Waals surface area (Å²) in [4.78, 5) is 11.5. The molecule has 0 atom stereocenters. The van der Waals surface area contributed by atoms with Crippen LogP contribution in [-0.2, 0) is 6.54 Å². The van der Waals surface area contributed by atoms with E-state index in [1.54, 1.807) is 6.07 Å². The van der Waals surface area contributed by atoms with Crippen molar-refractivity contribution in [1.82, 2.24) is 20.6 Å². The lowest BCUT2D eigenvalue weighted by Crippen LogP contribution is -2.44. The molecule has 0 aliphatic heterocycles. The Kier molecular flexibility index (Phi) is 6.99.